The number of benzene rings is 2. The van der Waals surface area contributed by atoms with Gasteiger partial charge in [0.05, 0.1) is 36.6 Å². The number of ketones is 1. The molecule has 232 valence electrons. The maximum atomic E-state index is 14.4. The maximum Gasteiger partial charge on any atom is 0.331 e. The quantitative estimate of drug-likeness (QED) is 0.190. The lowest BCUT2D eigenvalue weighted by Gasteiger charge is -2.24. The minimum absolute atomic E-state index is 0.0417. The lowest BCUT2D eigenvalue weighted by molar-refractivity contribution is -0.147. The lowest BCUT2D eigenvalue weighted by Crippen LogP contribution is -2.33. The van der Waals surface area contributed by atoms with Gasteiger partial charge in [-0.05, 0) is 60.4 Å². The number of hydrogen-bond acceptors (Lipinski definition) is 7. The van der Waals surface area contributed by atoms with Crippen LogP contribution in [0, 0.1) is 24.5 Å². The number of furan rings is 1. The van der Waals surface area contributed by atoms with E-state index >= 15 is 0 Å². The molecule has 1 aliphatic rings. The molecule has 4 heterocycles. The molecule has 0 N–H and O–H groups in total. The summed E-state index contributed by atoms with van der Waals surface area (Å²) in [5.41, 5.74) is 4.59. The third kappa shape index (κ3) is 6.08. The van der Waals surface area contributed by atoms with Crippen LogP contribution in [-0.2, 0) is 27.8 Å². The van der Waals surface area contributed by atoms with Crippen molar-refractivity contribution < 1.29 is 27.5 Å². The fourth-order valence-electron chi connectivity index (χ4n) is 6.34. The Balaban J connectivity index is 1.32. The minimum Gasteiger partial charge on any atom is -0.467 e. The van der Waals surface area contributed by atoms with Crippen molar-refractivity contribution in [2.24, 2.45) is 13.0 Å². The van der Waals surface area contributed by atoms with Crippen molar-refractivity contribution >= 4 is 11.8 Å². The predicted molar refractivity (Wildman–Crippen MR) is 161 cm³/mol. The highest BCUT2D eigenvalue weighted by molar-refractivity contribution is 5.82. The van der Waals surface area contributed by atoms with Crippen molar-refractivity contribution in [1.82, 2.24) is 24.5 Å². The van der Waals surface area contributed by atoms with Gasteiger partial charge in [0, 0.05) is 50.7 Å². The van der Waals surface area contributed by atoms with E-state index in [1.807, 2.05) is 55.4 Å². The summed E-state index contributed by atoms with van der Waals surface area (Å²) in [5.74, 6) is -2.70. The van der Waals surface area contributed by atoms with Gasteiger partial charge in [-0.1, -0.05) is 24.3 Å². The number of halogens is 2. The van der Waals surface area contributed by atoms with Crippen LogP contribution in [0.1, 0.15) is 41.0 Å². The van der Waals surface area contributed by atoms with Crippen molar-refractivity contribution in [3.63, 3.8) is 0 Å². The Morgan fingerprint density at radius 1 is 1.07 bits per heavy atom. The molecule has 0 radical (unpaired) electrons. The van der Waals surface area contributed by atoms with Crippen LogP contribution in [0.4, 0.5) is 8.78 Å². The Kier molecular flexibility index (Phi) is 8.44. The number of Topliss-reactive ketones (excluding diaryl/α,β-unsaturated/α-hetero) is 1. The number of aryl methyl sites for hydroxylation is 1. The minimum atomic E-state index is -0.961. The molecule has 0 saturated carbocycles. The number of ether oxygens (including phenoxy) is 1. The van der Waals surface area contributed by atoms with Crippen molar-refractivity contribution in [2.75, 3.05) is 20.2 Å². The Hall–Kier alpha value is -4.90. The molecule has 0 aliphatic carbocycles. The summed E-state index contributed by atoms with van der Waals surface area (Å²) in [4.78, 5) is 28.7. The molecule has 5 aromatic rings. The van der Waals surface area contributed by atoms with Crippen molar-refractivity contribution in [3.8, 4) is 16.9 Å². The number of esters is 1. The SMILES string of the molecule is COC(=O)C(c1ccco1)N1C[C@@H](CC(=O)Cc2c(C)c(-c3cnn(C)c3)nn2-c2ccccc2)[C@H](c2ccc(F)c(F)c2)C1. The average Bonchev–Trinajstić information content (AvgIpc) is 3.85. The van der Waals surface area contributed by atoms with Gasteiger partial charge in [0.25, 0.3) is 0 Å². The molecule has 1 saturated heterocycles. The molecule has 1 aliphatic heterocycles. The van der Waals surface area contributed by atoms with E-state index in [1.54, 1.807) is 33.8 Å². The van der Waals surface area contributed by atoms with Gasteiger partial charge in [0.15, 0.2) is 17.7 Å². The number of carbonyl (C=O) groups excluding carboxylic acids is 2. The number of para-hydroxylation sites is 1. The summed E-state index contributed by atoms with van der Waals surface area (Å²) in [6.07, 6.45) is 5.35. The number of likely N-dealkylation sites (tertiary alicyclic amines) is 1. The van der Waals surface area contributed by atoms with E-state index in [-0.39, 0.29) is 30.5 Å². The van der Waals surface area contributed by atoms with Crippen LogP contribution in [0.5, 0.6) is 0 Å². The van der Waals surface area contributed by atoms with Gasteiger partial charge in [-0.2, -0.15) is 10.2 Å². The van der Waals surface area contributed by atoms with E-state index in [4.69, 9.17) is 14.3 Å². The molecule has 11 heteroatoms. The molecular weight excluding hydrogens is 580 g/mol. The van der Waals surface area contributed by atoms with E-state index in [1.165, 1.54) is 19.4 Å². The maximum absolute atomic E-state index is 14.4. The van der Waals surface area contributed by atoms with Crippen molar-refractivity contribution in [3.05, 3.63) is 114 Å². The van der Waals surface area contributed by atoms with Crippen LogP contribution in [-0.4, -0.2) is 56.4 Å². The monoisotopic (exact) mass is 613 g/mol. The molecule has 0 spiro atoms. The van der Waals surface area contributed by atoms with Gasteiger partial charge in [-0.3, -0.25) is 14.4 Å². The van der Waals surface area contributed by atoms with E-state index in [0.29, 0.717) is 24.4 Å². The van der Waals surface area contributed by atoms with Gasteiger partial charge in [-0.15, -0.1) is 0 Å². The molecular formula is C34H33F2N5O4. The van der Waals surface area contributed by atoms with Crippen molar-refractivity contribution in [1.29, 1.82) is 0 Å². The zero-order chi connectivity index (χ0) is 31.7. The first-order chi connectivity index (χ1) is 21.7. The first kappa shape index (κ1) is 30.1. The smallest absolute Gasteiger partial charge is 0.331 e. The lowest BCUT2D eigenvalue weighted by atomic mass is 9.85. The predicted octanol–water partition coefficient (Wildman–Crippen LogP) is 5.58. The summed E-state index contributed by atoms with van der Waals surface area (Å²) in [7, 11) is 3.14. The Morgan fingerprint density at radius 2 is 1.87 bits per heavy atom. The van der Waals surface area contributed by atoms with Crippen LogP contribution in [0.2, 0.25) is 0 Å². The average molecular weight is 614 g/mol. The number of rotatable bonds is 10. The summed E-state index contributed by atoms with van der Waals surface area (Å²) < 4.78 is 42.5. The molecule has 0 amide bonds. The highest BCUT2D eigenvalue weighted by Crippen LogP contribution is 2.40. The number of carbonyl (C=O) groups is 2. The Labute approximate surface area is 259 Å². The summed E-state index contributed by atoms with van der Waals surface area (Å²) in [6.45, 7) is 2.60. The second kappa shape index (κ2) is 12.6. The summed E-state index contributed by atoms with van der Waals surface area (Å²) >= 11 is 0. The molecule has 3 atom stereocenters. The largest absolute Gasteiger partial charge is 0.467 e. The number of aromatic nitrogens is 4. The summed E-state index contributed by atoms with van der Waals surface area (Å²) in [6, 6.07) is 16.0. The zero-order valence-corrected chi connectivity index (χ0v) is 25.2. The molecule has 2 aromatic carbocycles. The van der Waals surface area contributed by atoms with Gasteiger partial charge in [0.1, 0.15) is 11.5 Å². The number of hydrogen-bond donors (Lipinski definition) is 0. The molecule has 6 rings (SSSR count). The normalized spacial score (nSPS) is 17.4. The highest BCUT2D eigenvalue weighted by atomic mass is 19.2. The van der Waals surface area contributed by atoms with E-state index < -0.39 is 23.6 Å². The van der Waals surface area contributed by atoms with Crippen LogP contribution in [0.3, 0.4) is 0 Å². The zero-order valence-electron chi connectivity index (χ0n) is 25.2. The molecule has 3 aromatic heterocycles. The van der Waals surface area contributed by atoms with Crippen molar-refractivity contribution in [2.45, 2.75) is 31.7 Å². The third-order valence-electron chi connectivity index (χ3n) is 8.52. The highest BCUT2D eigenvalue weighted by Gasteiger charge is 2.42. The van der Waals surface area contributed by atoms with Crippen LogP contribution < -0.4 is 0 Å². The van der Waals surface area contributed by atoms with E-state index in [9.17, 15) is 18.4 Å². The molecule has 9 nitrogen and oxygen atoms in total. The molecule has 45 heavy (non-hydrogen) atoms. The molecule has 1 unspecified atom stereocenters. The topological polar surface area (TPSA) is 95.4 Å². The van der Waals surface area contributed by atoms with Crippen LogP contribution >= 0.6 is 0 Å². The fraction of sp³-hybridized carbons (Fsp3) is 0.294. The second-order valence-electron chi connectivity index (χ2n) is 11.4. The molecule has 1 fully saturated rings. The number of nitrogens with zero attached hydrogens (tertiary/aromatic N) is 5. The van der Waals surface area contributed by atoms with E-state index in [0.717, 1.165) is 34.3 Å². The van der Waals surface area contributed by atoms with Gasteiger partial charge in [0.2, 0.25) is 0 Å². The standard InChI is InChI=1S/C34H33F2N5O4/c1-21-30(41(25-8-5-4-6-9-25)38-32(21)24-17-37-39(2)18-24)16-26(42)14-23-19-40(33(34(43)44-3)31-10-7-13-45-31)20-27(23)22-11-12-28(35)29(36)15-22/h4-13,15,17-18,23,27,33H,14,16,19-20H2,1-3H3/t23-,27+,33?/m1/s1. The number of methoxy groups -OCH3 is 1. The second-order valence-corrected chi connectivity index (χ2v) is 11.4. The van der Waals surface area contributed by atoms with E-state index in [2.05, 4.69) is 5.10 Å². The summed E-state index contributed by atoms with van der Waals surface area (Å²) in [5, 5.41) is 9.17. The molecule has 0 bridgehead atoms. The van der Waals surface area contributed by atoms with Gasteiger partial charge in [-0.25, -0.2) is 18.3 Å². The van der Waals surface area contributed by atoms with Crippen LogP contribution in [0.15, 0.2) is 83.7 Å². The first-order valence-corrected chi connectivity index (χ1v) is 14.7. The third-order valence-corrected chi connectivity index (χ3v) is 8.52. The Morgan fingerprint density at radius 3 is 2.53 bits per heavy atom. The van der Waals surface area contributed by atoms with Gasteiger partial charge >= 0.3 is 5.97 Å². The first-order valence-electron chi connectivity index (χ1n) is 14.7. The van der Waals surface area contributed by atoms with Crippen LogP contribution in [0.25, 0.3) is 16.9 Å². The fourth-order valence-corrected chi connectivity index (χ4v) is 6.34. The Bertz CT molecular complexity index is 1820. The van der Waals surface area contributed by atoms with Gasteiger partial charge < -0.3 is 9.15 Å².